The number of hydrogen-bond acceptors (Lipinski definition) is 2. The van der Waals surface area contributed by atoms with Gasteiger partial charge in [0.1, 0.15) is 0 Å². The van der Waals surface area contributed by atoms with Gasteiger partial charge >= 0.3 is 0 Å². The van der Waals surface area contributed by atoms with Gasteiger partial charge in [0.2, 0.25) is 0 Å². The number of nitrogens with zero attached hydrogens (tertiary/aromatic N) is 2. The summed E-state index contributed by atoms with van der Waals surface area (Å²) in [5.41, 5.74) is 2.56. The van der Waals surface area contributed by atoms with Gasteiger partial charge in [-0.15, -0.1) is 0 Å². The Bertz CT molecular complexity index is 447. The quantitative estimate of drug-likeness (QED) is 0.829. The highest BCUT2D eigenvalue weighted by atomic mass is 79.9. The molecule has 0 radical (unpaired) electrons. The van der Waals surface area contributed by atoms with Crippen molar-refractivity contribution in [1.29, 1.82) is 0 Å². The van der Waals surface area contributed by atoms with Crippen molar-refractivity contribution in [3.05, 3.63) is 15.9 Å². The molecule has 0 saturated heterocycles. The number of aromatic nitrogens is 2. The van der Waals surface area contributed by atoms with Gasteiger partial charge in [-0.2, -0.15) is 5.10 Å². The normalized spacial score (nSPS) is 24.2. The van der Waals surface area contributed by atoms with Crippen LogP contribution in [0.5, 0.6) is 0 Å². The molecule has 4 heteroatoms. The number of halogens is 1. The monoisotopic (exact) mass is 355 g/mol. The van der Waals surface area contributed by atoms with E-state index in [-0.39, 0.29) is 0 Å². The second-order valence-corrected chi connectivity index (χ2v) is 7.29. The molecule has 0 amide bonds. The third-order valence-corrected chi connectivity index (χ3v) is 6.02. The van der Waals surface area contributed by atoms with Crippen molar-refractivity contribution in [1.82, 2.24) is 15.1 Å². The van der Waals surface area contributed by atoms with Crippen LogP contribution in [0.3, 0.4) is 0 Å². The summed E-state index contributed by atoms with van der Waals surface area (Å²) in [5.74, 6) is 1.72. The van der Waals surface area contributed by atoms with Crippen LogP contribution in [0.2, 0.25) is 0 Å². The number of hydrogen-bond donors (Lipinski definition) is 1. The summed E-state index contributed by atoms with van der Waals surface area (Å²) in [7, 11) is 2.12. The van der Waals surface area contributed by atoms with Crippen molar-refractivity contribution >= 4 is 15.9 Å². The maximum atomic E-state index is 4.73. The van der Waals surface area contributed by atoms with Crippen LogP contribution >= 0.6 is 15.9 Å². The molecule has 0 aromatic carbocycles. The Morgan fingerprint density at radius 1 is 1.29 bits per heavy atom. The number of aryl methyl sites for hydroxylation is 2. The molecule has 1 aromatic heterocycles. The van der Waals surface area contributed by atoms with E-state index in [9.17, 15) is 0 Å². The van der Waals surface area contributed by atoms with Gasteiger partial charge in [-0.3, -0.25) is 4.68 Å². The van der Waals surface area contributed by atoms with Crippen molar-refractivity contribution in [2.24, 2.45) is 11.8 Å². The standard InChI is InChI=1S/C17H30BrN3/c1-5-14-17(18)16(21(6-2)20-14)11-15(19-4)13-9-7-12(3)8-10-13/h12-13,15,19H,5-11H2,1-4H3. The van der Waals surface area contributed by atoms with E-state index in [4.69, 9.17) is 5.10 Å². The summed E-state index contributed by atoms with van der Waals surface area (Å²) in [6.07, 6.45) is 7.58. The zero-order valence-corrected chi connectivity index (χ0v) is 15.5. The van der Waals surface area contributed by atoms with Crippen LogP contribution < -0.4 is 5.32 Å². The highest BCUT2D eigenvalue weighted by Crippen LogP contribution is 2.33. The van der Waals surface area contributed by atoms with Crippen LogP contribution in [0.25, 0.3) is 0 Å². The molecule has 1 atom stereocenters. The predicted octanol–water partition coefficient (Wildman–Crippen LogP) is 4.18. The highest BCUT2D eigenvalue weighted by molar-refractivity contribution is 9.10. The largest absolute Gasteiger partial charge is 0.316 e. The second kappa shape index (κ2) is 7.77. The van der Waals surface area contributed by atoms with E-state index in [2.05, 4.69) is 53.7 Å². The molecule has 1 aromatic rings. The van der Waals surface area contributed by atoms with E-state index < -0.39 is 0 Å². The van der Waals surface area contributed by atoms with Gasteiger partial charge in [-0.05, 0) is 61.0 Å². The van der Waals surface area contributed by atoms with Crippen molar-refractivity contribution in [3.8, 4) is 0 Å². The minimum Gasteiger partial charge on any atom is -0.316 e. The SMILES string of the molecule is CCc1nn(CC)c(CC(NC)C2CCC(C)CC2)c1Br. The molecule has 21 heavy (non-hydrogen) atoms. The Labute approximate surface area is 138 Å². The van der Waals surface area contributed by atoms with Crippen LogP contribution in [0.15, 0.2) is 4.47 Å². The minimum absolute atomic E-state index is 0.570. The molecule has 1 unspecified atom stereocenters. The topological polar surface area (TPSA) is 29.9 Å². The summed E-state index contributed by atoms with van der Waals surface area (Å²) in [6.45, 7) is 7.70. The molecule has 3 nitrogen and oxygen atoms in total. The van der Waals surface area contributed by atoms with E-state index in [0.717, 1.165) is 31.2 Å². The summed E-state index contributed by atoms with van der Waals surface area (Å²) >= 11 is 3.78. The van der Waals surface area contributed by atoms with E-state index in [1.165, 1.54) is 41.5 Å². The van der Waals surface area contributed by atoms with Crippen molar-refractivity contribution in [2.45, 2.75) is 71.9 Å². The van der Waals surface area contributed by atoms with Gasteiger partial charge in [0.15, 0.2) is 0 Å². The maximum absolute atomic E-state index is 4.73. The maximum Gasteiger partial charge on any atom is 0.0766 e. The molecule has 1 aliphatic rings. The fourth-order valence-electron chi connectivity index (χ4n) is 3.61. The molecule has 120 valence electrons. The van der Waals surface area contributed by atoms with Gasteiger partial charge in [-0.25, -0.2) is 0 Å². The Morgan fingerprint density at radius 2 is 1.95 bits per heavy atom. The minimum atomic E-state index is 0.570. The van der Waals surface area contributed by atoms with Crippen molar-refractivity contribution in [3.63, 3.8) is 0 Å². The molecule has 1 aliphatic carbocycles. The average Bonchev–Trinajstić information content (AvgIpc) is 2.81. The molecule has 0 bridgehead atoms. The summed E-state index contributed by atoms with van der Waals surface area (Å²) in [5, 5.41) is 8.31. The van der Waals surface area contributed by atoms with E-state index in [1.807, 2.05) is 0 Å². The van der Waals surface area contributed by atoms with Gasteiger partial charge in [0.25, 0.3) is 0 Å². The first kappa shape index (κ1) is 17.0. The van der Waals surface area contributed by atoms with Crippen LogP contribution in [-0.2, 0) is 19.4 Å². The second-order valence-electron chi connectivity index (χ2n) is 6.50. The number of nitrogens with one attached hydrogen (secondary N) is 1. The Hall–Kier alpha value is -0.350. The molecule has 1 fully saturated rings. The summed E-state index contributed by atoms with van der Waals surface area (Å²) in [4.78, 5) is 0. The fraction of sp³-hybridized carbons (Fsp3) is 0.824. The van der Waals surface area contributed by atoms with E-state index in [0.29, 0.717) is 6.04 Å². The molecular formula is C17H30BrN3. The molecule has 1 heterocycles. The Balaban J connectivity index is 2.13. The lowest BCUT2D eigenvalue weighted by Gasteiger charge is -2.32. The first-order chi connectivity index (χ1) is 10.1. The lowest BCUT2D eigenvalue weighted by atomic mass is 9.78. The van der Waals surface area contributed by atoms with Gasteiger partial charge < -0.3 is 5.32 Å². The highest BCUT2D eigenvalue weighted by Gasteiger charge is 2.27. The van der Waals surface area contributed by atoms with Crippen LogP contribution in [-0.4, -0.2) is 22.9 Å². The van der Waals surface area contributed by atoms with Gasteiger partial charge in [0, 0.05) is 19.0 Å². The van der Waals surface area contributed by atoms with E-state index >= 15 is 0 Å². The molecule has 2 rings (SSSR count). The van der Waals surface area contributed by atoms with E-state index in [1.54, 1.807) is 0 Å². The van der Waals surface area contributed by atoms with Crippen LogP contribution in [0.1, 0.15) is 57.8 Å². The third kappa shape index (κ3) is 3.89. The molecule has 0 spiro atoms. The zero-order valence-electron chi connectivity index (χ0n) is 14.0. The average molecular weight is 356 g/mol. The molecule has 0 aliphatic heterocycles. The number of rotatable bonds is 6. The Morgan fingerprint density at radius 3 is 2.48 bits per heavy atom. The zero-order chi connectivity index (χ0) is 15.4. The number of likely N-dealkylation sites (N-methyl/N-ethyl adjacent to an activating group) is 1. The van der Waals surface area contributed by atoms with Crippen LogP contribution in [0, 0.1) is 11.8 Å². The van der Waals surface area contributed by atoms with Gasteiger partial charge in [-0.1, -0.05) is 26.7 Å². The third-order valence-electron chi connectivity index (χ3n) is 5.11. The Kier molecular flexibility index (Phi) is 6.30. The molecule has 1 saturated carbocycles. The predicted molar refractivity (Wildman–Crippen MR) is 92.7 cm³/mol. The van der Waals surface area contributed by atoms with Crippen LogP contribution in [0.4, 0.5) is 0 Å². The lowest BCUT2D eigenvalue weighted by Crippen LogP contribution is -2.38. The lowest BCUT2D eigenvalue weighted by molar-refractivity contribution is 0.233. The van der Waals surface area contributed by atoms with Crippen molar-refractivity contribution < 1.29 is 0 Å². The summed E-state index contributed by atoms with van der Waals surface area (Å²) < 4.78 is 3.41. The molecule has 1 N–H and O–H groups in total. The smallest absolute Gasteiger partial charge is 0.0766 e. The van der Waals surface area contributed by atoms with Crippen molar-refractivity contribution in [2.75, 3.05) is 7.05 Å². The summed E-state index contributed by atoms with van der Waals surface area (Å²) in [6, 6.07) is 0.570. The first-order valence-corrected chi connectivity index (χ1v) is 9.31. The first-order valence-electron chi connectivity index (χ1n) is 8.51. The molecular weight excluding hydrogens is 326 g/mol. The van der Waals surface area contributed by atoms with Gasteiger partial charge in [0.05, 0.1) is 15.9 Å². The fourth-order valence-corrected chi connectivity index (χ4v) is 4.34.